The van der Waals surface area contributed by atoms with Crippen molar-refractivity contribution in [1.82, 2.24) is 0 Å². The van der Waals surface area contributed by atoms with Gasteiger partial charge in [-0.25, -0.2) is 0 Å². The molecule has 0 bridgehead atoms. The zero-order valence-corrected chi connectivity index (χ0v) is 66.1. The predicted molar refractivity (Wildman–Crippen MR) is 512 cm³/mol. The normalized spacial score (nSPS) is 11.2. The third-order valence-corrected chi connectivity index (χ3v) is 23.4. The fourth-order valence-electron chi connectivity index (χ4n) is 17.5. The summed E-state index contributed by atoms with van der Waals surface area (Å²) in [4.78, 5) is 2.39. The van der Waals surface area contributed by atoms with E-state index in [0.29, 0.717) is 0 Å². The molecule has 0 aliphatic rings. The lowest BCUT2D eigenvalue weighted by Gasteiger charge is -2.27. The van der Waals surface area contributed by atoms with Crippen LogP contribution in [0.2, 0.25) is 5.02 Å². The van der Waals surface area contributed by atoms with E-state index >= 15 is 0 Å². The van der Waals surface area contributed by atoms with Gasteiger partial charge >= 0.3 is 0 Å². The Morgan fingerprint density at radius 3 is 0.882 bits per heavy atom. The number of rotatable bonds is 13. The minimum absolute atomic E-state index is 0.768. The van der Waals surface area contributed by atoms with Crippen molar-refractivity contribution in [1.29, 1.82) is 0 Å². The Morgan fingerprint density at radius 2 is 0.454 bits per heavy atom. The van der Waals surface area contributed by atoms with Gasteiger partial charge in [0, 0.05) is 33.5 Å². The van der Waals surface area contributed by atoms with Crippen molar-refractivity contribution in [2.24, 2.45) is 0 Å². The van der Waals surface area contributed by atoms with Crippen LogP contribution in [-0.4, -0.2) is 0 Å². The molecule has 0 aliphatic carbocycles. The van der Waals surface area contributed by atoms with Gasteiger partial charge in [-0.3, -0.25) is 0 Å². The number of hydrogen-bond donors (Lipinski definition) is 1. The molecule has 1 N–H and O–H groups in total. The van der Waals surface area contributed by atoms with Crippen molar-refractivity contribution >= 4 is 126 Å². The Labute approximate surface area is 698 Å². The molecule has 0 heterocycles. The maximum atomic E-state index is 6.16. The highest BCUT2D eigenvalue weighted by molar-refractivity contribution is 6.31. The topological polar surface area (TPSA) is 15.3 Å². The molecule has 0 fully saturated rings. The van der Waals surface area contributed by atoms with Crippen molar-refractivity contribution in [3.8, 4) is 89.0 Å². The number of halogens is 1. The highest BCUT2D eigenvalue weighted by Gasteiger charge is 2.20. The molecular weight excluding hydrogens is 1460 g/mol. The molecule has 0 amide bonds. The zero-order chi connectivity index (χ0) is 79.4. The van der Waals surface area contributed by atoms with E-state index in [1.165, 1.54) is 170 Å². The molecule has 0 radical (unpaired) electrons. The van der Waals surface area contributed by atoms with E-state index in [0.717, 1.165) is 39.0 Å². The van der Waals surface area contributed by atoms with Crippen molar-refractivity contribution in [2.45, 2.75) is 0 Å². The number of nitrogens with one attached hydrogen (secondary N) is 1. The van der Waals surface area contributed by atoms with Crippen molar-refractivity contribution in [3.63, 3.8) is 0 Å². The van der Waals surface area contributed by atoms with Crippen LogP contribution in [0.4, 0.5) is 28.4 Å². The molecule has 0 unspecified atom stereocenters. The first-order chi connectivity index (χ1) is 58.9. The number of hydrogen-bond acceptors (Lipinski definition) is 2. The average molecular weight is 1540 g/mol. The second-order valence-corrected chi connectivity index (χ2v) is 30.8. The van der Waals surface area contributed by atoms with Crippen LogP contribution in [0.3, 0.4) is 0 Å². The molecule has 0 aliphatic heterocycles. The summed E-state index contributed by atoms with van der Waals surface area (Å²) in [6.07, 6.45) is 0. The third-order valence-electron chi connectivity index (χ3n) is 23.2. The fourth-order valence-corrected chi connectivity index (χ4v) is 17.7. The summed E-state index contributed by atoms with van der Waals surface area (Å²) in [7, 11) is 0. The molecule has 0 spiro atoms. The van der Waals surface area contributed by atoms with Gasteiger partial charge in [0.1, 0.15) is 0 Å². The summed E-state index contributed by atoms with van der Waals surface area (Å²) in [5.41, 5.74) is 24.8. The van der Waals surface area contributed by atoms with Crippen LogP contribution in [0.25, 0.3) is 175 Å². The molecular formula is C116H79ClN2. The lowest BCUT2D eigenvalue weighted by molar-refractivity contribution is 1.28. The van der Waals surface area contributed by atoms with Gasteiger partial charge in [-0.15, -0.1) is 0 Å². The molecule has 0 saturated heterocycles. The Bertz CT molecular complexity index is 7520. The van der Waals surface area contributed by atoms with Gasteiger partial charge in [-0.05, 0) is 272 Å². The number of nitrogens with zero attached hydrogens (tertiary/aromatic N) is 1. The monoisotopic (exact) mass is 1530 g/mol. The minimum Gasteiger partial charge on any atom is -0.356 e. The van der Waals surface area contributed by atoms with Gasteiger partial charge in [0.05, 0.1) is 0 Å². The average Bonchev–Trinajstić information content (AvgIpc) is 0.764. The summed E-state index contributed by atoms with van der Waals surface area (Å²) in [5.74, 6) is 0. The van der Waals surface area contributed by atoms with Gasteiger partial charge in [0.15, 0.2) is 0 Å². The largest absolute Gasteiger partial charge is 0.356 e. The Balaban J connectivity index is 0.000000129. The Kier molecular flexibility index (Phi) is 19.9. The van der Waals surface area contributed by atoms with Gasteiger partial charge in [0.25, 0.3) is 0 Å². The van der Waals surface area contributed by atoms with Crippen LogP contribution in [0.5, 0.6) is 0 Å². The van der Waals surface area contributed by atoms with Crippen molar-refractivity contribution in [2.75, 3.05) is 10.2 Å². The molecule has 2 nitrogen and oxygen atoms in total. The number of anilines is 5. The lowest BCUT2D eigenvalue weighted by atomic mass is 9.89. The molecule has 0 aromatic heterocycles. The van der Waals surface area contributed by atoms with Crippen LogP contribution < -0.4 is 10.2 Å². The van der Waals surface area contributed by atoms with E-state index < -0.39 is 0 Å². The third kappa shape index (κ3) is 14.7. The highest BCUT2D eigenvalue weighted by Crippen LogP contribution is 2.46. The quantitative estimate of drug-likeness (QED) is 0.116. The van der Waals surface area contributed by atoms with Crippen LogP contribution in [0, 0.1) is 0 Å². The van der Waals surface area contributed by atoms with Crippen molar-refractivity contribution < 1.29 is 0 Å². The predicted octanol–water partition coefficient (Wildman–Crippen LogP) is 33.5. The van der Waals surface area contributed by atoms with E-state index in [-0.39, 0.29) is 0 Å². The summed E-state index contributed by atoms with van der Waals surface area (Å²) < 4.78 is 0. The van der Waals surface area contributed by atoms with Gasteiger partial charge in [-0.1, -0.05) is 388 Å². The van der Waals surface area contributed by atoms with Crippen LogP contribution in [0.1, 0.15) is 0 Å². The zero-order valence-electron chi connectivity index (χ0n) is 65.4. The smallest absolute Gasteiger partial charge is 0.0467 e. The summed E-state index contributed by atoms with van der Waals surface area (Å²) in [5, 5.41) is 24.7. The van der Waals surface area contributed by atoms with E-state index in [1.807, 2.05) is 24.3 Å². The maximum absolute atomic E-state index is 6.16. The second-order valence-electron chi connectivity index (χ2n) is 30.4. The summed E-state index contributed by atoms with van der Waals surface area (Å²) in [6.45, 7) is 0. The molecule has 119 heavy (non-hydrogen) atoms. The maximum Gasteiger partial charge on any atom is 0.0467 e. The Morgan fingerprint density at radius 1 is 0.151 bits per heavy atom. The van der Waals surface area contributed by atoms with E-state index in [9.17, 15) is 0 Å². The van der Waals surface area contributed by atoms with Crippen molar-refractivity contribution in [3.05, 3.63) is 478 Å². The molecule has 0 atom stereocenters. The molecule has 0 saturated carbocycles. The number of benzene rings is 22. The molecule has 3 heteroatoms. The molecule has 560 valence electrons. The molecule has 22 aromatic rings. The highest BCUT2D eigenvalue weighted by atomic mass is 35.5. The van der Waals surface area contributed by atoms with Gasteiger partial charge in [0.2, 0.25) is 0 Å². The minimum atomic E-state index is 0.768. The van der Waals surface area contributed by atoms with E-state index in [1.54, 1.807) is 0 Å². The lowest BCUT2D eigenvalue weighted by Crippen LogP contribution is -2.10. The number of fused-ring (bicyclic) bond motifs is 12. The molecule has 22 rings (SSSR count). The fraction of sp³-hybridized carbons (Fsp3) is 0. The Hall–Kier alpha value is -15.2. The second kappa shape index (κ2) is 32.6. The van der Waals surface area contributed by atoms with Crippen LogP contribution in [-0.2, 0) is 0 Å². The first-order valence-electron chi connectivity index (χ1n) is 40.7. The van der Waals surface area contributed by atoms with Gasteiger partial charge in [-0.2, -0.15) is 0 Å². The van der Waals surface area contributed by atoms with Crippen LogP contribution in [0.15, 0.2) is 473 Å². The van der Waals surface area contributed by atoms with Crippen LogP contribution >= 0.6 is 11.6 Å². The summed E-state index contributed by atoms with van der Waals surface area (Å²) >= 11 is 6.16. The SMILES string of the molecule is Clc1cccc(-c2cc3ccccc3c3ccccc23)c1.c1ccc(-c2cccc(N(c3ccc(-c4ccccc4-c4cc5ccccc5c5ccccc45)cc3)c3cccc(-c4cc5ccccc5c5ccccc45)c3)c2)cc1.c1ccc(-c2cccc(Nc3ccc(-c4ccccc4-c4cc5ccccc5c5ccccc45)cc3)c2)cc1. The van der Waals surface area contributed by atoms with Gasteiger partial charge < -0.3 is 10.2 Å². The standard InChI is InChI=1S/C58H39N.C38H27N.C20H13Cl/c1-2-16-40(17-3-1)42-20-14-22-47(36-42)59(48-23-15-21-43(37-48)57-38-44-18-4-6-25-50(44)52-27-10-12-30-55(52)57)46-34-32-41(33-35-46)49-24-8-9-29-54(49)58-39-45-19-5-7-26-51(45)53-28-11-13-31-56(53)58;1-2-11-27(12-3-1)29-14-10-15-32(25-29)39-31-23-21-28(22-24-31)33-16-6-7-19-36(33)38-26-30-13-4-5-17-34(30)35-18-8-9-20-37(35)38;21-16-8-5-7-14(12-16)20-13-15-6-1-2-9-17(15)18-10-3-4-11-19(18)20/h1-39H;1-26,39H;1-13H. The van der Waals surface area contributed by atoms with E-state index in [2.05, 4.69) is 459 Å². The summed E-state index contributed by atoms with van der Waals surface area (Å²) in [6, 6.07) is 170. The first-order valence-corrected chi connectivity index (χ1v) is 41.1. The first kappa shape index (κ1) is 72.8. The van der Waals surface area contributed by atoms with E-state index in [4.69, 9.17) is 11.6 Å². The molecule has 22 aromatic carbocycles.